The molecule has 0 saturated carbocycles. The molecule has 5 nitrogen and oxygen atoms in total. The van der Waals surface area contributed by atoms with Crippen LogP contribution in [0.4, 0.5) is 0 Å². The highest BCUT2D eigenvalue weighted by Gasteiger charge is 2.48. The van der Waals surface area contributed by atoms with Crippen LogP contribution in [0.3, 0.4) is 0 Å². The van der Waals surface area contributed by atoms with Crippen LogP contribution in [0.25, 0.3) is 0 Å². The van der Waals surface area contributed by atoms with Gasteiger partial charge < -0.3 is 14.8 Å². The van der Waals surface area contributed by atoms with Crippen molar-refractivity contribution in [2.45, 2.75) is 26.3 Å². The highest BCUT2D eigenvalue weighted by molar-refractivity contribution is 5.94. The largest absolute Gasteiger partial charge is 0.464 e. The zero-order valence-corrected chi connectivity index (χ0v) is 9.83. The number of carbonyl (C=O) groups excluding carboxylic acids is 2. The van der Waals surface area contributed by atoms with Crippen LogP contribution in [-0.4, -0.2) is 37.2 Å². The van der Waals surface area contributed by atoms with E-state index in [1.807, 2.05) is 13.8 Å². The second-order valence-corrected chi connectivity index (χ2v) is 4.01. The monoisotopic (exact) mass is 227 g/mol. The van der Waals surface area contributed by atoms with Crippen LogP contribution in [0.2, 0.25) is 0 Å². The van der Waals surface area contributed by atoms with Crippen LogP contribution in [0.15, 0.2) is 11.6 Å². The Morgan fingerprint density at radius 3 is 2.44 bits per heavy atom. The van der Waals surface area contributed by atoms with Gasteiger partial charge in [-0.15, -0.1) is 0 Å². The Labute approximate surface area is 94.8 Å². The summed E-state index contributed by atoms with van der Waals surface area (Å²) < 4.78 is 9.88. The molecule has 90 valence electrons. The van der Waals surface area contributed by atoms with Gasteiger partial charge in [0.25, 0.3) is 0 Å². The Morgan fingerprint density at radius 2 is 2.06 bits per heavy atom. The molecule has 0 spiro atoms. The molecule has 0 atom stereocenters. The van der Waals surface area contributed by atoms with Gasteiger partial charge in [0.05, 0.1) is 19.8 Å². The topological polar surface area (TPSA) is 64.6 Å². The number of esters is 1. The second-order valence-electron chi connectivity index (χ2n) is 4.01. The minimum Gasteiger partial charge on any atom is -0.464 e. The normalized spacial score (nSPS) is 16.9. The Bertz CT molecular complexity index is 314. The number of carbonyl (C=O) groups is 2. The van der Waals surface area contributed by atoms with Crippen LogP contribution < -0.4 is 5.32 Å². The Hall–Kier alpha value is -1.36. The summed E-state index contributed by atoms with van der Waals surface area (Å²) in [6.45, 7) is 5.99. The molecule has 0 aromatic rings. The number of ether oxygens (including phenoxy) is 2. The first kappa shape index (κ1) is 12.7. The van der Waals surface area contributed by atoms with Gasteiger partial charge in [0.1, 0.15) is 0 Å². The first-order valence-electron chi connectivity index (χ1n) is 5.22. The molecule has 0 radical (unpaired) electrons. The van der Waals surface area contributed by atoms with Crippen molar-refractivity contribution >= 4 is 11.9 Å². The van der Waals surface area contributed by atoms with Crippen molar-refractivity contribution in [3.05, 3.63) is 11.6 Å². The van der Waals surface area contributed by atoms with E-state index < -0.39 is 11.5 Å². The molecule has 1 N–H and O–H groups in total. The molecule has 0 aromatic heterocycles. The zero-order valence-electron chi connectivity index (χ0n) is 9.83. The van der Waals surface area contributed by atoms with Gasteiger partial charge in [0, 0.05) is 6.08 Å². The summed E-state index contributed by atoms with van der Waals surface area (Å²) in [5.74, 6) is -0.729. The lowest BCUT2D eigenvalue weighted by atomic mass is 9.97. The molecular formula is C11H17NO4. The molecule has 1 rings (SSSR count). The minimum absolute atomic E-state index is 0.175. The summed E-state index contributed by atoms with van der Waals surface area (Å²) in [5.41, 5.74) is -0.115. The molecule has 1 saturated heterocycles. The van der Waals surface area contributed by atoms with Crippen LogP contribution in [-0.2, 0) is 19.1 Å². The molecule has 0 aliphatic carbocycles. The minimum atomic E-state index is -0.987. The van der Waals surface area contributed by atoms with Crippen LogP contribution in [0.5, 0.6) is 0 Å². The number of nitrogens with one attached hydrogen (secondary N) is 1. The number of allylic oxidation sites excluding steroid dienone is 1. The van der Waals surface area contributed by atoms with Gasteiger partial charge in [0.15, 0.2) is 5.54 Å². The lowest BCUT2D eigenvalue weighted by Gasteiger charge is -2.38. The highest BCUT2D eigenvalue weighted by atomic mass is 16.6. The van der Waals surface area contributed by atoms with Gasteiger partial charge in [-0.3, -0.25) is 4.79 Å². The second kappa shape index (κ2) is 5.12. The van der Waals surface area contributed by atoms with E-state index >= 15 is 0 Å². The van der Waals surface area contributed by atoms with E-state index in [2.05, 4.69) is 5.32 Å². The first-order chi connectivity index (χ1) is 7.50. The highest BCUT2D eigenvalue weighted by Crippen LogP contribution is 2.19. The summed E-state index contributed by atoms with van der Waals surface area (Å²) in [4.78, 5) is 23.2. The molecule has 0 unspecified atom stereocenters. The summed E-state index contributed by atoms with van der Waals surface area (Å²) in [5, 5.41) is 2.63. The SMILES string of the molecule is CCOC(=O)C1(NC(=O)C=C(C)C)COC1. The average molecular weight is 227 g/mol. The first-order valence-corrected chi connectivity index (χ1v) is 5.22. The van der Waals surface area contributed by atoms with Crippen LogP contribution >= 0.6 is 0 Å². The van der Waals surface area contributed by atoms with Gasteiger partial charge in [-0.2, -0.15) is 0 Å². The van der Waals surface area contributed by atoms with Crippen molar-refractivity contribution in [1.29, 1.82) is 0 Å². The van der Waals surface area contributed by atoms with Gasteiger partial charge in [0.2, 0.25) is 5.91 Å². The molecule has 16 heavy (non-hydrogen) atoms. The van der Waals surface area contributed by atoms with E-state index in [4.69, 9.17) is 9.47 Å². The Kier molecular flexibility index (Phi) is 4.06. The molecule has 1 amide bonds. The maximum atomic E-state index is 11.6. The number of amides is 1. The van der Waals surface area contributed by atoms with Crippen molar-refractivity contribution < 1.29 is 19.1 Å². The van der Waals surface area contributed by atoms with E-state index in [9.17, 15) is 9.59 Å². The predicted molar refractivity (Wildman–Crippen MR) is 57.8 cm³/mol. The zero-order chi connectivity index (χ0) is 12.2. The number of hydrogen-bond acceptors (Lipinski definition) is 4. The maximum absolute atomic E-state index is 11.6. The van der Waals surface area contributed by atoms with Crippen molar-refractivity contribution in [2.24, 2.45) is 0 Å². The molecule has 1 heterocycles. The van der Waals surface area contributed by atoms with E-state index in [0.29, 0.717) is 6.61 Å². The lowest BCUT2D eigenvalue weighted by molar-refractivity contribution is -0.173. The summed E-state index contributed by atoms with van der Waals surface area (Å²) in [6, 6.07) is 0. The average Bonchev–Trinajstić information content (AvgIpc) is 2.10. The van der Waals surface area contributed by atoms with E-state index in [1.54, 1.807) is 6.92 Å². The summed E-state index contributed by atoms with van der Waals surface area (Å²) in [7, 11) is 0. The quantitative estimate of drug-likeness (QED) is 0.557. The molecule has 1 aliphatic heterocycles. The fourth-order valence-corrected chi connectivity index (χ4v) is 1.35. The molecule has 5 heteroatoms. The predicted octanol–water partition coefficient (Wildman–Crippen LogP) is 0.401. The Morgan fingerprint density at radius 1 is 1.44 bits per heavy atom. The fourth-order valence-electron chi connectivity index (χ4n) is 1.35. The van der Waals surface area contributed by atoms with E-state index in [0.717, 1.165) is 5.57 Å². The third kappa shape index (κ3) is 2.82. The van der Waals surface area contributed by atoms with Crippen molar-refractivity contribution in [3.63, 3.8) is 0 Å². The lowest BCUT2D eigenvalue weighted by Crippen LogP contribution is -2.67. The van der Waals surface area contributed by atoms with E-state index in [1.165, 1.54) is 6.08 Å². The molecule has 1 fully saturated rings. The van der Waals surface area contributed by atoms with Gasteiger partial charge in [-0.05, 0) is 20.8 Å². The van der Waals surface area contributed by atoms with Crippen LogP contribution in [0, 0.1) is 0 Å². The number of hydrogen-bond donors (Lipinski definition) is 1. The smallest absolute Gasteiger partial charge is 0.336 e. The van der Waals surface area contributed by atoms with Crippen molar-refractivity contribution in [2.75, 3.05) is 19.8 Å². The van der Waals surface area contributed by atoms with Gasteiger partial charge >= 0.3 is 5.97 Å². The van der Waals surface area contributed by atoms with Crippen molar-refractivity contribution in [3.8, 4) is 0 Å². The summed E-state index contributed by atoms with van der Waals surface area (Å²) in [6.07, 6.45) is 1.44. The van der Waals surface area contributed by atoms with Gasteiger partial charge in [-0.25, -0.2) is 4.79 Å². The van der Waals surface area contributed by atoms with Crippen LogP contribution in [0.1, 0.15) is 20.8 Å². The fraction of sp³-hybridized carbons (Fsp3) is 0.636. The maximum Gasteiger partial charge on any atom is 0.336 e. The summed E-state index contributed by atoms with van der Waals surface area (Å²) >= 11 is 0. The standard InChI is InChI=1S/C11H17NO4/c1-4-16-10(14)11(6-15-7-11)12-9(13)5-8(2)3/h5H,4,6-7H2,1-3H3,(H,12,13). The molecule has 0 bridgehead atoms. The van der Waals surface area contributed by atoms with E-state index in [-0.39, 0.29) is 19.1 Å². The molecular weight excluding hydrogens is 210 g/mol. The van der Waals surface area contributed by atoms with Gasteiger partial charge in [-0.1, -0.05) is 5.57 Å². The Balaban J connectivity index is 2.64. The molecule has 0 aromatic carbocycles. The number of rotatable bonds is 4. The third-order valence-corrected chi connectivity index (χ3v) is 2.15. The third-order valence-electron chi connectivity index (χ3n) is 2.15. The van der Waals surface area contributed by atoms with Crippen molar-refractivity contribution in [1.82, 2.24) is 5.32 Å². The molecule has 1 aliphatic rings.